The summed E-state index contributed by atoms with van der Waals surface area (Å²) < 4.78 is 4.95. The van der Waals surface area contributed by atoms with Crippen molar-refractivity contribution in [2.45, 2.75) is 0 Å². The van der Waals surface area contributed by atoms with Crippen LogP contribution in [-0.4, -0.2) is 12.9 Å². The maximum Gasteiger partial charge on any atom is 0.176 e. The zero-order valence-electron chi connectivity index (χ0n) is 5.66. The summed E-state index contributed by atoms with van der Waals surface area (Å²) >= 11 is 0. The molecular formula is C8H9NO. The SMILES string of the molecule is C=C1/C=C\C=C/CN=CO1. The third kappa shape index (κ3) is 2.31. The minimum atomic E-state index is 0.607. The molecule has 0 N–H and O–H groups in total. The second-order valence-electron chi connectivity index (χ2n) is 1.84. The summed E-state index contributed by atoms with van der Waals surface area (Å²) in [6.07, 6.45) is 8.92. The van der Waals surface area contributed by atoms with Crippen molar-refractivity contribution in [3.8, 4) is 0 Å². The summed E-state index contributed by atoms with van der Waals surface area (Å²) in [6, 6.07) is 0. The highest BCUT2D eigenvalue weighted by molar-refractivity contribution is 5.49. The van der Waals surface area contributed by atoms with Crippen molar-refractivity contribution in [1.82, 2.24) is 0 Å². The second-order valence-corrected chi connectivity index (χ2v) is 1.84. The molecule has 0 aromatic heterocycles. The first kappa shape index (κ1) is 6.81. The Morgan fingerprint density at radius 3 is 3.30 bits per heavy atom. The lowest BCUT2D eigenvalue weighted by atomic mass is 10.4. The molecule has 0 radical (unpaired) electrons. The largest absolute Gasteiger partial charge is 0.447 e. The molecule has 2 heteroatoms. The smallest absolute Gasteiger partial charge is 0.176 e. The molecule has 1 aliphatic heterocycles. The molecular weight excluding hydrogens is 126 g/mol. The Labute approximate surface area is 60.2 Å². The number of aliphatic imine (C=N–C) groups is 1. The van der Waals surface area contributed by atoms with Crippen LogP contribution in [0.2, 0.25) is 0 Å². The summed E-state index contributed by atoms with van der Waals surface area (Å²) in [5.41, 5.74) is 0. The van der Waals surface area contributed by atoms with Gasteiger partial charge in [-0.05, 0) is 6.08 Å². The summed E-state index contributed by atoms with van der Waals surface area (Å²) in [4.78, 5) is 3.91. The predicted octanol–water partition coefficient (Wildman–Crippen LogP) is 1.67. The normalized spacial score (nSPS) is 23.8. The van der Waals surface area contributed by atoms with E-state index in [4.69, 9.17) is 4.74 Å². The van der Waals surface area contributed by atoms with Crippen molar-refractivity contribution in [1.29, 1.82) is 0 Å². The fourth-order valence-corrected chi connectivity index (χ4v) is 0.550. The summed E-state index contributed by atoms with van der Waals surface area (Å²) in [6.45, 7) is 4.29. The van der Waals surface area contributed by atoms with Crippen LogP contribution in [0, 0.1) is 0 Å². The van der Waals surface area contributed by atoms with Gasteiger partial charge in [-0.25, -0.2) is 0 Å². The molecule has 0 spiro atoms. The lowest BCUT2D eigenvalue weighted by molar-refractivity contribution is 0.456. The van der Waals surface area contributed by atoms with E-state index in [9.17, 15) is 0 Å². The lowest BCUT2D eigenvalue weighted by Crippen LogP contribution is -1.83. The predicted molar refractivity (Wildman–Crippen MR) is 41.9 cm³/mol. The van der Waals surface area contributed by atoms with Gasteiger partial charge in [-0.2, -0.15) is 0 Å². The molecule has 1 heterocycles. The molecule has 10 heavy (non-hydrogen) atoms. The average Bonchev–Trinajstić information content (AvgIpc) is 2.02. The number of ether oxygens (including phenoxy) is 1. The monoisotopic (exact) mass is 135 g/mol. The number of hydrogen-bond acceptors (Lipinski definition) is 2. The minimum Gasteiger partial charge on any atom is -0.447 e. The van der Waals surface area contributed by atoms with Crippen LogP contribution in [0.3, 0.4) is 0 Å². The van der Waals surface area contributed by atoms with E-state index in [0.29, 0.717) is 12.3 Å². The molecule has 0 unspecified atom stereocenters. The molecule has 0 saturated heterocycles. The van der Waals surface area contributed by atoms with Gasteiger partial charge in [0.25, 0.3) is 0 Å². The van der Waals surface area contributed by atoms with E-state index in [1.54, 1.807) is 6.08 Å². The molecule has 2 nitrogen and oxygen atoms in total. The molecule has 0 fully saturated rings. The van der Waals surface area contributed by atoms with Gasteiger partial charge in [0.15, 0.2) is 6.40 Å². The van der Waals surface area contributed by atoms with Crippen molar-refractivity contribution in [3.05, 3.63) is 36.6 Å². The summed E-state index contributed by atoms with van der Waals surface area (Å²) in [5.74, 6) is 0.607. The summed E-state index contributed by atoms with van der Waals surface area (Å²) in [5, 5.41) is 0. The molecule has 0 atom stereocenters. The maximum atomic E-state index is 4.95. The zero-order chi connectivity index (χ0) is 7.23. The van der Waals surface area contributed by atoms with Gasteiger partial charge in [0.2, 0.25) is 0 Å². The fourth-order valence-electron chi connectivity index (χ4n) is 0.550. The summed E-state index contributed by atoms with van der Waals surface area (Å²) in [7, 11) is 0. The van der Waals surface area contributed by atoms with Crippen LogP contribution < -0.4 is 0 Å². The van der Waals surface area contributed by atoms with E-state index in [-0.39, 0.29) is 0 Å². The van der Waals surface area contributed by atoms with Gasteiger partial charge in [0.05, 0.1) is 6.54 Å². The highest BCUT2D eigenvalue weighted by Crippen LogP contribution is 1.95. The molecule has 52 valence electrons. The van der Waals surface area contributed by atoms with Crippen LogP contribution in [0.25, 0.3) is 0 Å². The van der Waals surface area contributed by atoms with Gasteiger partial charge in [0.1, 0.15) is 5.76 Å². The topological polar surface area (TPSA) is 21.6 Å². The Morgan fingerprint density at radius 1 is 1.50 bits per heavy atom. The molecule has 1 rings (SSSR count). The Kier molecular flexibility index (Phi) is 2.49. The van der Waals surface area contributed by atoms with E-state index in [1.807, 2.05) is 18.2 Å². The maximum absolute atomic E-state index is 4.95. The van der Waals surface area contributed by atoms with Crippen LogP contribution in [0.4, 0.5) is 0 Å². The third-order valence-electron chi connectivity index (χ3n) is 1.02. The number of rotatable bonds is 0. The highest BCUT2D eigenvalue weighted by atomic mass is 16.5. The molecule has 0 aromatic carbocycles. The Bertz CT molecular complexity index is 201. The van der Waals surface area contributed by atoms with Gasteiger partial charge < -0.3 is 4.74 Å². The third-order valence-corrected chi connectivity index (χ3v) is 1.02. The van der Waals surface area contributed by atoms with Crippen LogP contribution in [0.5, 0.6) is 0 Å². The standard InChI is InChI=1S/C8H9NO/c1-8-5-3-2-4-6-9-7-10-8/h2-5,7H,1,6H2/b4-2-,5-3-,9-7?. The zero-order valence-corrected chi connectivity index (χ0v) is 5.66. The first-order chi connectivity index (χ1) is 4.89. The van der Waals surface area contributed by atoms with Crippen molar-refractivity contribution in [3.63, 3.8) is 0 Å². The number of hydrogen-bond donors (Lipinski definition) is 0. The highest BCUT2D eigenvalue weighted by Gasteiger charge is 1.83. The molecule has 0 bridgehead atoms. The van der Waals surface area contributed by atoms with Crippen molar-refractivity contribution < 1.29 is 4.74 Å². The van der Waals surface area contributed by atoms with E-state index in [2.05, 4.69) is 11.6 Å². The van der Waals surface area contributed by atoms with Gasteiger partial charge in [-0.15, -0.1) is 0 Å². The molecule has 1 aliphatic rings. The van der Waals surface area contributed by atoms with E-state index >= 15 is 0 Å². The van der Waals surface area contributed by atoms with Crippen LogP contribution in [0.15, 0.2) is 41.6 Å². The molecule has 0 aliphatic carbocycles. The first-order valence-corrected chi connectivity index (χ1v) is 3.06. The molecule has 0 amide bonds. The second kappa shape index (κ2) is 3.67. The van der Waals surface area contributed by atoms with Crippen molar-refractivity contribution >= 4 is 6.40 Å². The minimum absolute atomic E-state index is 0.607. The van der Waals surface area contributed by atoms with E-state index in [1.165, 1.54) is 6.40 Å². The fraction of sp³-hybridized carbons (Fsp3) is 0.125. The average molecular weight is 135 g/mol. The van der Waals surface area contributed by atoms with Gasteiger partial charge >= 0.3 is 0 Å². The lowest BCUT2D eigenvalue weighted by Gasteiger charge is -1.93. The van der Waals surface area contributed by atoms with Crippen LogP contribution >= 0.6 is 0 Å². The Balaban J connectivity index is 2.62. The molecule has 0 saturated carbocycles. The molecule has 0 aromatic rings. The Hall–Kier alpha value is -1.31. The number of allylic oxidation sites excluding steroid dienone is 3. The first-order valence-electron chi connectivity index (χ1n) is 3.06. The van der Waals surface area contributed by atoms with Gasteiger partial charge in [0, 0.05) is 0 Å². The van der Waals surface area contributed by atoms with Crippen molar-refractivity contribution in [2.75, 3.05) is 6.54 Å². The van der Waals surface area contributed by atoms with Crippen LogP contribution in [-0.2, 0) is 4.74 Å². The van der Waals surface area contributed by atoms with E-state index < -0.39 is 0 Å². The van der Waals surface area contributed by atoms with Gasteiger partial charge in [-0.3, -0.25) is 4.99 Å². The quantitative estimate of drug-likeness (QED) is 0.495. The van der Waals surface area contributed by atoms with Gasteiger partial charge in [-0.1, -0.05) is 24.8 Å². The number of nitrogens with zero attached hydrogens (tertiary/aromatic N) is 1. The van der Waals surface area contributed by atoms with Crippen molar-refractivity contribution in [2.24, 2.45) is 4.99 Å². The van der Waals surface area contributed by atoms with Crippen LogP contribution in [0.1, 0.15) is 0 Å². The van der Waals surface area contributed by atoms with E-state index in [0.717, 1.165) is 0 Å². The Morgan fingerprint density at radius 2 is 2.40 bits per heavy atom.